The lowest BCUT2D eigenvalue weighted by molar-refractivity contribution is -0.133. The third kappa shape index (κ3) is 2.48. The first-order valence-corrected chi connectivity index (χ1v) is 6.14. The molecule has 0 saturated carbocycles. The minimum Gasteiger partial charge on any atom is -0.421 e. The molecule has 0 saturated heterocycles. The zero-order valence-corrected chi connectivity index (χ0v) is 11.4. The van der Waals surface area contributed by atoms with Crippen LogP contribution in [0.15, 0.2) is 20.3 Å². The second kappa shape index (κ2) is 5.12. The molecule has 0 amide bonds. The van der Waals surface area contributed by atoms with Crippen molar-refractivity contribution in [3.05, 3.63) is 20.3 Å². The topological polar surface area (TPSA) is 26.3 Å². The van der Waals surface area contributed by atoms with Crippen LogP contribution in [0.4, 0.5) is 0 Å². The summed E-state index contributed by atoms with van der Waals surface area (Å²) in [4.78, 5) is 11.4. The van der Waals surface area contributed by atoms with Crippen LogP contribution in [0.5, 0.6) is 0 Å². The van der Waals surface area contributed by atoms with Gasteiger partial charge in [-0.1, -0.05) is 29.3 Å². The molecule has 1 aliphatic rings. The van der Waals surface area contributed by atoms with Crippen LogP contribution >= 0.6 is 31.9 Å². The maximum absolute atomic E-state index is 11.4. The third-order valence-corrected chi connectivity index (χ3v) is 3.20. The Morgan fingerprint density at radius 2 is 2.14 bits per heavy atom. The van der Waals surface area contributed by atoms with Crippen molar-refractivity contribution >= 4 is 37.8 Å². The van der Waals surface area contributed by atoms with Gasteiger partial charge >= 0.3 is 5.97 Å². The fourth-order valence-corrected chi connectivity index (χ4v) is 2.50. The van der Waals surface area contributed by atoms with Gasteiger partial charge in [0.2, 0.25) is 0 Å². The summed E-state index contributed by atoms with van der Waals surface area (Å²) in [5.41, 5.74) is 0.751. The number of carbonyl (C=O) groups excluding carboxylic acids is 1. The SMILES string of the molecule is CCCCC1=C(Br)/C(=C(/C)Br)OC1=O. The van der Waals surface area contributed by atoms with Crippen LogP contribution in [0.2, 0.25) is 0 Å². The number of halogens is 2. The fourth-order valence-electron chi connectivity index (χ4n) is 1.21. The van der Waals surface area contributed by atoms with Gasteiger partial charge in [0, 0.05) is 4.48 Å². The summed E-state index contributed by atoms with van der Waals surface area (Å²) in [6, 6.07) is 0. The summed E-state index contributed by atoms with van der Waals surface area (Å²) in [7, 11) is 0. The molecule has 78 valence electrons. The third-order valence-electron chi connectivity index (χ3n) is 2.00. The first kappa shape index (κ1) is 12.0. The molecule has 1 aliphatic heterocycles. The molecule has 14 heavy (non-hydrogen) atoms. The molecular formula is C10H12Br2O2. The van der Waals surface area contributed by atoms with Crippen LogP contribution in [0.25, 0.3) is 0 Å². The minimum atomic E-state index is -0.223. The number of carbonyl (C=O) groups is 1. The van der Waals surface area contributed by atoms with E-state index in [2.05, 4.69) is 38.8 Å². The molecule has 0 unspecified atom stereocenters. The van der Waals surface area contributed by atoms with E-state index in [9.17, 15) is 4.79 Å². The van der Waals surface area contributed by atoms with Crippen molar-refractivity contribution in [2.24, 2.45) is 0 Å². The normalized spacial score (nSPS) is 20.1. The van der Waals surface area contributed by atoms with Crippen molar-refractivity contribution in [2.75, 3.05) is 0 Å². The predicted octanol–water partition coefficient (Wildman–Crippen LogP) is 4.01. The summed E-state index contributed by atoms with van der Waals surface area (Å²) in [6.45, 7) is 3.95. The molecule has 4 heteroatoms. The molecule has 0 aromatic carbocycles. The van der Waals surface area contributed by atoms with Crippen LogP contribution < -0.4 is 0 Å². The highest BCUT2D eigenvalue weighted by Gasteiger charge is 2.28. The van der Waals surface area contributed by atoms with Gasteiger partial charge < -0.3 is 4.74 Å². The number of ether oxygens (including phenoxy) is 1. The molecule has 1 heterocycles. The number of rotatable bonds is 3. The van der Waals surface area contributed by atoms with E-state index < -0.39 is 0 Å². The maximum Gasteiger partial charge on any atom is 0.340 e. The molecule has 0 atom stereocenters. The summed E-state index contributed by atoms with van der Waals surface area (Å²) < 4.78 is 6.75. The van der Waals surface area contributed by atoms with E-state index >= 15 is 0 Å². The Morgan fingerprint density at radius 3 is 2.57 bits per heavy atom. The number of hydrogen-bond donors (Lipinski definition) is 0. The molecule has 0 bridgehead atoms. The van der Waals surface area contributed by atoms with E-state index in [1.54, 1.807) is 0 Å². The van der Waals surface area contributed by atoms with Crippen molar-refractivity contribution in [1.29, 1.82) is 0 Å². The van der Waals surface area contributed by atoms with Crippen LogP contribution in [0.1, 0.15) is 33.1 Å². The molecule has 0 spiro atoms. The highest BCUT2D eigenvalue weighted by atomic mass is 79.9. The van der Waals surface area contributed by atoms with Gasteiger partial charge in [0.25, 0.3) is 0 Å². The quantitative estimate of drug-likeness (QED) is 0.733. The van der Waals surface area contributed by atoms with Gasteiger partial charge in [-0.05, 0) is 35.7 Å². The minimum absolute atomic E-state index is 0.223. The Kier molecular flexibility index (Phi) is 4.38. The van der Waals surface area contributed by atoms with Crippen molar-refractivity contribution in [2.45, 2.75) is 33.1 Å². The summed E-state index contributed by atoms with van der Waals surface area (Å²) in [5, 5.41) is 0. The van der Waals surface area contributed by atoms with Crippen LogP contribution in [-0.4, -0.2) is 5.97 Å². The van der Waals surface area contributed by atoms with E-state index in [0.717, 1.165) is 33.8 Å². The molecular weight excluding hydrogens is 312 g/mol. The monoisotopic (exact) mass is 322 g/mol. The summed E-state index contributed by atoms with van der Waals surface area (Å²) in [5.74, 6) is 0.389. The van der Waals surface area contributed by atoms with Crippen molar-refractivity contribution in [3.8, 4) is 0 Å². The van der Waals surface area contributed by atoms with E-state index in [4.69, 9.17) is 4.74 Å². The van der Waals surface area contributed by atoms with E-state index in [1.807, 2.05) is 6.92 Å². The van der Waals surface area contributed by atoms with E-state index in [1.165, 1.54) is 0 Å². The highest BCUT2D eigenvalue weighted by molar-refractivity contribution is 9.12. The standard InChI is InChI=1S/C10H12Br2O2/c1-3-4-5-7-8(12)9(6(2)11)14-10(7)13/h3-5H2,1-2H3/b9-6+. The number of allylic oxidation sites excluding steroid dienone is 2. The summed E-state index contributed by atoms with van der Waals surface area (Å²) >= 11 is 6.69. The molecule has 0 radical (unpaired) electrons. The lowest BCUT2D eigenvalue weighted by Gasteiger charge is -1.97. The van der Waals surface area contributed by atoms with Crippen LogP contribution in [0.3, 0.4) is 0 Å². The van der Waals surface area contributed by atoms with E-state index in [0.29, 0.717) is 5.76 Å². The molecule has 0 N–H and O–H groups in total. The van der Waals surface area contributed by atoms with Gasteiger partial charge in [-0.2, -0.15) is 0 Å². The lowest BCUT2D eigenvalue weighted by atomic mass is 10.1. The maximum atomic E-state index is 11.4. The second-order valence-corrected chi connectivity index (χ2v) is 5.13. The molecule has 0 fully saturated rings. The Balaban J connectivity index is 2.91. The van der Waals surface area contributed by atoms with Gasteiger partial charge in [-0.25, -0.2) is 4.79 Å². The lowest BCUT2D eigenvalue weighted by Crippen LogP contribution is -1.98. The fraction of sp³-hybridized carbons (Fsp3) is 0.500. The average molecular weight is 324 g/mol. The van der Waals surface area contributed by atoms with Crippen LogP contribution in [0, 0.1) is 0 Å². The van der Waals surface area contributed by atoms with Crippen molar-refractivity contribution in [1.82, 2.24) is 0 Å². The van der Waals surface area contributed by atoms with Gasteiger partial charge in [0.05, 0.1) is 10.1 Å². The van der Waals surface area contributed by atoms with Gasteiger partial charge in [0.1, 0.15) is 0 Å². The number of hydrogen-bond acceptors (Lipinski definition) is 2. The van der Waals surface area contributed by atoms with Crippen molar-refractivity contribution in [3.63, 3.8) is 0 Å². The number of cyclic esters (lactones) is 1. The number of esters is 1. The Morgan fingerprint density at radius 1 is 1.50 bits per heavy atom. The smallest absolute Gasteiger partial charge is 0.340 e. The van der Waals surface area contributed by atoms with E-state index in [-0.39, 0.29) is 5.97 Å². The largest absolute Gasteiger partial charge is 0.421 e. The Hall–Kier alpha value is -0.0900. The molecule has 0 aliphatic carbocycles. The van der Waals surface area contributed by atoms with Gasteiger partial charge in [-0.15, -0.1) is 0 Å². The molecule has 1 rings (SSSR count). The first-order valence-electron chi connectivity index (χ1n) is 4.55. The van der Waals surface area contributed by atoms with Crippen molar-refractivity contribution < 1.29 is 9.53 Å². The van der Waals surface area contributed by atoms with Gasteiger partial charge in [0.15, 0.2) is 5.76 Å². The predicted molar refractivity (Wildman–Crippen MR) is 63.2 cm³/mol. The average Bonchev–Trinajstić information content (AvgIpc) is 2.40. The zero-order chi connectivity index (χ0) is 10.7. The number of unbranched alkanes of at least 4 members (excludes halogenated alkanes) is 1. The Bertz CT molecular complexity index is 312. The second-order valence-electron chi connectivity index (χ2n) is 3.15. The molecule has 2 nitrogen and oxygen atoms in total. The van der Waals surface area contributed by atoms with Crippen LogP contribution in [-0.2, 0) is 9.53 Å². The molecule has 0 aromatic rings. The Labute approximate surface area is 101 Å². The molecule has 0 aromatic heterocycles. The zero-order valence-electron chi connectivity index (χ0n) is 8.19. The highest BCUT2D eigenvalue weighted by Crippen LogP contribution is 2.36. The summed E-state index contributed by atoms with van der Waals surface area (Å²) in [6.07, 6.45) is 2.86. The first-order chi connectivity index (χ1) is 6.57. The van der Waals surface area contributed by atoms with Gasteiger partial charge in [-0.3, -0.25) is 0 Å².